The molecule has 1 unspecified atom stereocenters. The second-order valence-electron chi connectivity index (χ2n) is 4.65. The molecular formula is C15H14BrFN2O2. The first-order valence-electron chi connectivity index (χ1n) is 6.39. The summed E-state index contributed by atoms with van der Waals surface area (Å²) in [6.45, 7) is 2.25. The number of nitrogens with one attached hydrogen (secondary N) is 1. The molecule has 21 heavy (non-hydrogen) atoms. The Labute approximate surface area is 130 Å². The molecule has 0 heterocycles. The van der Waals surface area contributed by atoms with Gasteiger partial charge in [-0.2, -0.15) is 0 Å². The summed E-state index contributed by atoms with van der Waals surface area (Å²) in [6, 6.07) is 10.8. The summed E-state index contributed by atoms with van der Waals surface area (Å²) in [5.41, 5.74) is 1.45. The maximum atomic E-state index is 13.2. The van der Waals surface area contributed by atoms with E-state index in [-0.39, 0.29) is 17.5 Å². The van der Waals surface area contributed by atoms with Crippen LogP contribution in [0.2, 0.25) is 0 Å². The fraction of sp³-hybridized carbons (Fsp3) is 0.200. The van der Waals surface area contributed by atoms with Crippen LogP contribution >= 0.6 is 15.9 Å². The van der Waals surface area contributed by atoms with E-state index in [0.717, 1.165) is 10.0 Å². The van der Waals surface area contributed by atoms with Gasteiger partial charge in [0.05, 0.1) is 4.92 Å². The fourth-order valence-electron chi connectivity index (χ4n) is 2.07. The van der Waals surface area contributed by atoms with Gasteiger partial charge >= 0.3 is 0 Å². The third-order valence-electron chi connectivity index (χ3n) is 3.21. The molecule has 1 atom stereocenters. The number of benzene rings is 2. The van der Waals surface area contributed by atoms with Crippen molar-refractivity contribution in [2.75, 3.05) is 0 Å². The molecule has 0 aliphatic carbocycles. The number of halogens is 2. The summed E-state index contributed by atoms with van der Waals surface area (Å²) in [4.78, 5) is 10.6. The van der Waals surface area contributed by atoms with Crippen molar-refractivity contribution in [1.82, 2.24) is 5.32 Å². The van der Waals surface area contributed by atoms with Crippen LogP contribution in [0, 0.1) is 15.9 Å². The fourth-order valence-corrected chi connectivity index (χ4v) is 2.46. The number of nitro benzene ring substituents is 1. The van der Waals surface area contributed by atoms with Gasteiger partial charge < -0.3 is 5.32 Å². The monoisotopic (exact) mass is 352 g/mol. The Morgan fingerprint density at radius 1 is 1.33 bits per heavy atom. The van der Waals surface area contributed by atoms with Crippen LogP contribution in [-0.4, -0.2) is 4.92 Å². The third kappa shape index (κ3) is 3.86. The predicted molar refractivity (Wildman–Crippen MR) is 82.5 cm³/mol. The molecule has 0 bridgehead atoms. The van der Waals surface area contributed by atoms with Gasteiger partial charge in [-0.3, -0.25) is 10.1 Å². The Morgan fingerprint density at radius 2 is 2.05 bits per heavy atom. The summed E-state index contributed by atoms with van der Waals surface area (Å²) in [5, 5.41) is 14.2. The van der Waals surface area contributed by atoms with Crippen molar-refractivity contribution < 1.29 is 9.31 Å². The molecule has 6 heteroatoms. The van der Waals surface area contributed by atoms with Crippen molar-refractivity contribution in [1.29, 1.82) is 0 Å². The minimum Gasteiger partial charge on any atom is -0.306 e. The van der Waals surface area contributed by atoms with E-state index >= 15 is 0 Å². The van der Waals surface area contributed by atoms with Crippen molar-refractivity contribution in [3.63, 3.8) is 0 Å². The minimum atomic E-state index is -0.397. The Morgan fingerprint density at radius 3 is 2.76 bits per heavy atom. The summed E-state index contributed by atoms with van der Waals surface area (Å²) in [7, 11) is 0. The average Bonchev–Trinajstić information content (AvgIpc) is 2.47. The molecule has 0 saturated carbocycles. The van der Waals surface area contributed by atoms with E-state index in [2.05, 4.69) is 21.2 Å². The van der Waals surface area contributed by atoms with Crippen molar-refractivity contribution in [2.45, 2.75) is 19.5 Å². The van der Waals surface area contributed by atoms with Crippen LogP contribution in [0.5, 0.6) is 0 Å². The van der Waals surface area contributed by atoms with Gasteiger partial charge in [0.1, 0.15) is 5.82 Å². The Bertz CT molecular complexity index is 664. The number of para-hydroxylation sites is 1. The van der Waals surface area contributed by atoms with E-state index < -0.39 is 4.92 Å². The van der Waals surface area contributed by atoms with Crippen LogP contribution in [0.1, 0.15) is 24.1 Å². The molecule has 110 valence electrons. The standard InChI is InChI=1S/C15H14BrFN2O2/c1-10(13-4-2-3-5-15(13)19(20)21)18-9-11-8-12(17)6-7-14(11)16/h2-8,10,18H,9H2,1H3. The van der Waals surface area contributed by atoms with E-state index in [4.69, 9.17) is 0 Å². The molecule has 1 N–H and O–H groups in total. The molecule has 0 saturated heterocycles. The van der Waals surface area contributed by atoms with Crippen molar-refractivity contribution in [3.8, 4) is 0 Å². The first-order chi connectivity index (χ1) is 9.99. The lowest BCUT2D eigenvalue weighted by Crippen LogP contribution is -2.19. The van der Waals surface area contributed by atoms with Gasteiger partial charge in [-0.25, -0.2) is 4.39 Å². The summed E-state index contributed by atoms with van der Waals surface area (Å²) < 4.78 is 14.0. The first-order valence-corrected chi connectivity index (χ1v) is 7.19. The summed E-state index contributed by atoms with van der Waals surface area (Å²) >= 11 is 3.36. The molecule has 0 fully saturated rings. The highest BCUT2D eigenvalue weighted by atomic mass is 79.9. The molecule has 0 radical (unpaired) electrons. The molecule has 0 aliphatic heterocycles. The molecule has 2 aromatic rings. The van der Waals surface area contributed by atoms with E-state index in [1.807, 2.05) is 6.92 Å². The quantitative estimate of drug-likeness (QED) is 0.642. The largest absolute Gasteiger partial charge is 0.306 e. The third-order valence-corrected chi connectivity index (χ3v) is 3.98. The lowest BCUT2D eigenvalue weighted by Gasteiger charge is -2.15. The summed E-state index contributed by atoms with van der Waals surface area (Å²) in [6.07, 6.45) is 0. The lowest BCUT2D eigenvalue weighted by atomic mass is 10.1. The molecule has 0 aromatic heterocycles. The second kappa shape index (κ2) is 6.78. The average molecular weight is 353 g/mol. The predicted octanol–water partition coefficient (Wildman–Crippen LogP) is 4.35. The maximum Gasteiger partial charge on any atom is 0.274 e. The van der Waals surface area contributed by atoms with Gasteiger partial charge in [0, 0.05) is 28.7 Å². The van der Waals surface area contributed by atoms with Crippen molar-refractivity contribution in [3.05, 3.63) is 74.0 Å². The number of hydrogen-bond donors (Lipinski definition) is 1. The van der Waals surface area contributed by atoms with Crippen LogP contribution in [0.15, 0.2) is 46.9 Å². The SMILES string of the molecule is CC(NCc1cc(F)ccc1Br)c1ccccc1[N+](=O)[O-]. The van der Waals surface area contributed by atoms with Crippen LogP contribution < -0.4 is 5.32 Å². The number of hydrogen-bond acceptors (Lipinski definition) is 3. The van der Waals surface area contributed by atoms with E-state index in [0.29, 0.717) is 12.1 Å². The lowest BCUT2D eigenvalue weighted by molar-refractivity contribution is -0.385. The molecule has 0 amide bonds. The highest BCUT2D eigenvalue weighted by molar-refractivity contribution is 9.10. The molecule has 2 aromatic carbocycles. The Kier molecular flexibility index (Phi) is 5.03. The highest BCUT2D eigenvalue weighted by Crippen LogP contribution is 2.25. The first kappa shape index (κ1) is 15.6. The van der Waals surface area contributed by atoms with E-state index in [1.165, 1.54) is 18.2 Å². The van der Waals surface area contributed by atoms with Gasteiger partial charge in [-0.05, 0) is 30.7 Å². The van der Waals surface area contributed by atoms with Crippen LogP contribution in [-0.2, 0) is 6.54 Å². The zero-order chi connectivity index (χ0) is 15.4. The highest BCUT2D eigenvalue weighted by Gasteiger charge is 2.17. The number of rotatable bonds is 5. The molecule has 0 spiro atoms. The van der Waals surface area contributed by atoms with Gasteiger partial charge in [-0.15, -0.1) is 0 Å². The van der Waals surface area contributed by atoms with Crippen molar-refractivity contribution >= 4 is 21.6 Å². The Balaban J connectivity index is 2.14. The minimum absolute atomic E-state index is 0.0795. The zero-order valence-electron chi connectivity index (χ0n) is 11.3. The molecule has 2 rings (SSSR count). The Hall–Kier alpha value is -1.79. The van der Waals surface area contributed by atoms with Gasteiger partial charge in [0.2, 0.25) is 0 Å². The van der Waals surface area contributed by atoms with Gasteiger partial charge in [0.15, 0.2) is 0 Å². The molecular weight excluding hydrogens is 339 g/mol. The topological polar surface area (TPSA) is 55.2 Å². The molecule has 4 nitrogen and oxygen atoms in total. The van der Waals surface area contributed by atoms with E-state index in [1.54, 1.807) is 24.3 Å². The van der Waals surface area contributed by atoms with Gasteiger partial charge in [0.25, 0.3) is 5.69 Å². The van der Waals surface area contributed by atoms with Gasteiger partial charge in [-0.1, -0.05) is 34.1 Å². The van der Waals surface area contributed by atoms with Crippen LogP contribution in [0.25, 0.3) is 0 Å². The van der Waals surface area contributed by atoms with Crippen LogP contribution in [0.3, 0.4) is 0 Å². The molecule has 0 aliphatic rings. The summed E-state index contributed by atoms with van der Waals surface area (Å²) in [5.74, 6) is -0.312. The zero-order valence-corrected chi connectivity index (χ0v) is 12.9. The van der Waals surface area contributed by atoms with Crippen molar-refractivity contribution in [2.24, 2.45) is 0 Å². The normalized spacial score (nSPS) is 12.1. The maximum absolute atomic E-state index is 13.2. The van der Waals surface area contributed by atoms with Crippen LogP contribution in [0.4, 0.5) is 10.1 Å². The number of nitrogens with zero attached hydrogens (tertiary/aromatic N) is 1. The number of nitro groups is 1. The van der Waals surface area contributed by atoms with E-state index in [9.17, 15) is 14.5 Å². The smallest absolute Gasteiger partial charge is 0.274 e. The second-order valence-corrected chi connectivity index (χ2v) is 5.51.